The summed E-state index contributed by atoms with van der Waals surface area (Å²) in [6.07, 6.45) is 14.5. The van der Waals surface area contributed by atoms with Gasteiger partial charge in [-0.2, -0.15) is 0 Å². The molecule has 1 heterocycles. The van der Waals surface area contributed by atoms with Crippen LogP contribution in [0.1, 0.15) is 78.1 Å². The summed E-state index contributed by atoms with van der Waals surface area (Å²) in [6, 6.07) is 1.68. The zero-order chi connectivity index (χ0) is 13.2. The summed E-state index contributed by atoms with van der Waals surface area (Å²) in [7, 11) is 0. The summed E-state index contributed by atoms with van der Waals surface area (Å²) in [6.45, 7) is 4.75. The topological polar surface area (TPSA) is 12.0 Å². The van der Waals surface area contributed by atoms with E-state index in [0.29, 0.717) is 0 Å². The SMILES string of the molecule is CCCC(CC)[C+]1CCCC2C1NC1CCCCC12. The maximum absolute atomic E-state index is 4.08. The van der Waals surface area contributed by atoms with Crippen molar-refractivity contribution in [1.29, 1.82) is 0 Å². The molecule has 0 aromatic heterocycles. The molecule has 0 radical (unpaired) electrons. The predicted molar refractivity (Wildman–Crippen MR) is 81.9 cm³/mol. The van der Waals surface area contributed by atoms with Crippen molar-refractivity contribution < 1.29 is 0 Å². The van der Waals surface area contributed by atoms with Crippen molar-refractivity contribution in [3.63, 3.8) is 0 Å². The third-order valence-corrected chi connectivity index (χ3v) is 6.25. The van der Waals surface area contributed by atoms with Crippen LogP contribution in [0, 0.1) is 23.7 Å². The lowest BCUT2D eigenvalue weighted by atomic mass is 9.66. The molecule has 3 fully saturated rings. The van der Waals surface area contributed by atoms with Gasteiger partial charge in [0.05, 0.1) is 6.42 Å². The molecule has 2 saturated carbocycles. The average molecular weight is 262 g/mol. The molecule has 1 nitrogen and oxygen atoms in total. The molecular formula is C18H32N+. The summed E-state index contributed by atoms with van der Waals surface area (Å²) >= 11 is 0. The molecule has 5 atom stereocenters. The number of nitrogens with one attached hydrogen (secondary N) is 1. The van der Waals surface area contributed by atoms with Gasteiger partial charge in [0.2, 0.25) is 0 Å². The van der Waals surface area contributed by atoms with Crippen LogP contribution in [0.15, 0.2) is 0 Å². The Labute approximate surface area is 119 Å². The van der Waals surface area contributed by atoms with Gasteiger partial charge in [-0.15, -0.1) is 0 Å². The second-order valence-corrected chi connectivity index (χ2v) is 7.22. The molecule has 3 rings (SSSR count). The Balaban J connectivity index is 1.73. The smallest absolute Gasteiger partial charge is 0.155 e. The lowest BCUT2D eigenvalue weighted by Gasteiger charge is -2.32. The molecule has 2 aliphatic carbocycles. The Morgan fingerprint density at radius 2 is 1.84 bits per heavy atom. The van der Waals surface area contributed by atoms with Crippen molar-refractivity contribution in [2.24, 2.45) is 17.8 Å². The Morgan fingerprint density at radius 1 is 1.05 bits per heavy atom. The van der Waals surface area contributed by atoms with Gasteiger partial charge in [0, 0.05) is 12.0 Å². The molecule has 0 amide bonds. The minimum absolute atomic E-state index is 0.804. The predicted octanol–water partition coefficient (Wildman–Crippen LogP) is 4.72. The van der Waals surface area contributed by atoms with Gasteiger partial charge < -0.3 is 0 Å². The van der Waals surface area contributed by atoms with Gasteiger partial charge in [-0.3, -0.25) is 5.32 Å². The van der Waals surface area contributed by atoms with E-state index < -0.39 is 0 Å². The van der Waals surface area contributed by atoms with E-state index in [1.807, 2.05) is 5.92 Å². The van der Waals surface area contributed by atoms with Crippen LogP contribution in [0.4, 0.5) is 0 Å². The first-order chi connectivity index (χ1) is 9.35. The highest BCUT2D eigenvalue weighted by atomic mass is 15.0. The Morgan fingerprint density at radius 3 is 2.63 bits per heavy atom. The fraction of sp³-hybridized carbons (Fsp3) is 0.944. The highest BCUT2D eigenvalue weighted by molar-refractivity contribution is 5.16. The van der Waals surface area contributed by atoms with E-state index in [1.165, 1.54) is 64.2 Å². The first-order valence-corrected chi connectivity index (χ1v) is 8.96. The highest BCUT2D eigenvalue weighted by Crippen LogP contribution is 2.49. The van der Waals surface area contributed by atoms with E-state index in [2.05, 4.69) is 19.2 Å². The zero-order valence-electron chi connectivity index (χ0n) is 13.0. The molecule has 3 aliphatic rings. The van der Waals surface area contributed by atoms with Gasteiger partial charge in [0.15, 0.2) is 6.04 Å². The number of fused-ring (bicyclic) bond motifs is 3. The fourth-order valence-electron chi connectivity index (χ4n) is 5.40. The summed E-state index contributed by atoms with van der Waals surface area (Å²) in [5, 5.41) is 4.08. The highest BCUT2D eigenvalue weighted by Gasteiger charge is 2.55. The van der Waals surface area contributed by atoms with Crippen molar-refractivity contribution >= 4 is 0 Å². The van der Waals surface area contributed by atoms with Gasteiger partial charge in [0.1, 0.15) is 11.8 Å². The number of hydrogen-bond acceptors (Lipinski definition) is 1. The van der Waals surface area contributed by atoms with E-state index in [4.69, 9.17) is 0 Å². The minimum atomic E-state index is 0.804. The fourth-order valence-corrected chi connectivity index (χ4v) is 5.40. The van der Waals surface area contributed by atoms with Crippen molar-refractivity contribution in [2.75, 3.05) is 0 Å². The van der Waals surface area contributed by atoms with E-state index in [9.17, 15) is 0 Å². The molecule has 19 heavy (non-hydrogen) atoms. The quantitative estimate of drug-likeness (QED) is 0.723. The van der Waals surface area contributed by atoms with E-state index in [-0.39, 0.29) is 0 Å². The first-order valence-electron chi connectivity index (χ1n) is 8.96. The maximum atomic E-state index is 4.08. The molecule has 1 aliphatic heterocycles. The zero-order valence-corrected chi connectivity index (χ0v) is 13.0. The van der Waals surface area contributed by atoms with Gasteiger partial charge in [0.25, 0.3) is 0 Å². The van der Waals surface area contributed by atoms with Crippen LogP contribution in [0.5, 0.6) is 0 Å². The van der Waals surface area contributed by atoms with E-state index >= 15 is 0 Å². The van der Waals surface area contributed by atoms with Crippen molar-refractivity contribution in [3.8, 4) is 0 Å². The van der Waals surface area contributed by atoms with Crippen LogP contribution in [-0.2, 0) is 0 Å². The van der Waals surface area contributed by atoms with Crippen LogP contribution < -0.4 is 5.32 Å². The first kappa shape index (κ1) is 13.8. The van der Waals surface area contributed by atoms with Crippen LogP contribution >= 0.6 is 0 Å². The lowest BCUT2D eigenvalue weighted by Crippen LogP contribution is -2.42. The molecular weight excluding hydrogens is 230 g/mol. The molecule has 0 spiro atoms. The molecule has 0 aromatic carbocycles. The third kappa shape index (κ3) is 2.55. The number of rotatable bonds is 4. The minimum Gasteiger partial charge on any atom is -0.273 e. The summed E-state index contributed by atoms with van der Waals surface area (Å²) in [4.78, 5) is 0. The number of hydrogen-bond donors (Lipinski definition) is 1. The van der Waals surface area contributed by atoms with Crippen LogP contribution in [-0.4, -0.2) is 12.1 Å². The molecule has 108 valence electrons. The van der Waals surface area contributed by atoms with Gasteiger partial charge in [-0.1, -0.05) is 33.1 Å². The van der Waals surface area contributed by atoms with Crippen molar-refractivity contribution in [2.45, 2.75) is 90.1 Å². The normalized spacial score (nSPS) is 39.8. The monoisotopic (exact) mass is 262 g/mol. The second-order valence-electron chi connectivity index (χ2n) is 7.22. The second kappa shape index (κ2) is 6.08. The van der Waals surface area contributed by atoms with E-state index in [1.54, 1.807) is 0 Å². The summed E-state index contributed by atoms with van der Waals surface area (Å²) < 4.78 is 0. The van der Waals surface area contributed by atoms with Crippen molar-refractivity contribution in [1.82, 2.24) is 5.32 Å². The average Bonchev–Trinajstić information content (AvgIpc) is 2.83. The Hall–Kier alpha value is -0.170. The largest absolute Gasteiger partial charge is 0.273 e. The maximum Gasteiger partial charge on any atom is 0.155 e. The van der Waals surface area contributed by atoms with Crippen LogP contribution in [0.2, 0.25) is 0 Å². The van der Waals surface area contributed by atoms with Gasteiger partial charge in [-0.05, 0) is 44.4 Å². The Bertz CT molecular complexity index is 287. The van der Waals surface area contributed by atoms with Crippen LogP contribution in [0.3, 0.4) is 0 Å². The molecule has 0 bridgehead atoms. The van der Waals surface area contributed by atoms with Gasteiger partial charge >= 0.3 is 0 Å². The van der Waals surface area contributed by atoms with Crippen LogP contribution in [0.25, 0.3) is 0 Å². The molecule has 1 N–H and O–H groups in total. The lowest BCUT2D eigenvalue weighted by molar-refractivity contribution is 0.223. The Kier molecular flexibility index (Phi) is 4.41. The third-order valence-electron chi connectivity index (χ3n) is 6.25. The van der Waals surface area contributed by atoms with E-state index in [0.717, 1.165) is 29.8 Å². The molecule has 1 saturated heterocycles. The molecule has 0 aromatic rings. The summed E-state index contributed by atoms with van der Waals surface area (Å²) in [5.41, 5.74) is 0. The molecule has 1 heteroatoms. The van der Waals surface area contributed by atoms with Gasteiger partial charge in [-0.25, -0.2) is 0 Å². The van der Waals surface area contributed by atoms with Crippen molar-refractivity contribution in [3.05, 3.63) is 5.92 Å². The standard InChI is InChI=1S/C18H32N/c1-3-8-13(4-2)14-10-7-11-16-15-9-5-6-12-17(15)19-18(14)16/h13,15-19H,3-12H2,1-2H3/q+1. The summed E-state index contributed by atoms with van der Waals surface area (Å²) in [5.74, 6) is 4.86. The molecule has 5 unspecified atom stereocenters.